The molecule has 2 aliphatic heterocycles. The number of carbonyl (C=O) groups is 1. The zero-order chi connectivity index (χ0) is 22.0. The van der Waals surface area contributed by atoms with Gasteiger partial charge in [0.2, 0.25) is 0 Å². The number of amides is 1. The van der Waals surface area contributed by atoms with Crippen LogP contribution in [-0.4, -0.2) is 28.1 Å². The number of fused-ring (bicyclic) bond motifs is 2. The van der Waals surface area contributed by atoms with Gasteiger partial charge in [-0.3, -0.25) is 4.79 Å². The van der Waals surface area contributed by atoms with Gasteiger partial charge in [-0.25, -0.2) is 4.98 Å². The summed E-state index contributed by atoms with van der Waals surface area (Å²) >= 11 is 0. The lowest BCUT2D eigenvalue weighted by Crippen LogP contribution is -2.60. The molecule has 2 aliphatic rings. The van der Waals surface area contributed by atoms with Gasteiger partial charge in [0.1, 0.15) is 17.3 Å². The van der Waals surface area contributed by atoms with Crippen molar-refractivity contribution in [1.82, 2.24) is 15.3 Å². The Morgan fingerprint density at radius 2 is 1.84 bits per heavy atom. The third kappa shape index (κ3) is 3.81. The molecule has 5 rings (SSSR count). The summed E-state index contributed by atoms with van der Waals surface area (Å²) in [7, 11) is 0. The quantitative estimate of drug-likeness (QED) is 0.561. The highest BCUT2D eigenvalue weighted by atomic mass is 16.2. The van der Waals surface area contributed by atoms with Crippen LogP contribution in [0.3, 0.4) is 0 Å². The number of H-pyrrole nitrogens is 1. The minimum absolute atomic E-state index is 0.0916. The second-order valence-corrected chi connectivity index (χ2v) is 7.93. The van der Waals surface area contributed by atoms with Crippen LogP contribution in [0.1, 0.15) is 49.2 Å². The number of pyridine rings is 1. The molecule has 1 aromatic carbocycles. The lowest BCUT2D eigenvalue weighted by molar-refractivity contribution is 0.0895. The van der Waals surface area contributed by atoms with E-state index in [1.807, 2.05) is 64.2 Å². The number of nitrogens with one attached hydrogen (secondary N) is 3. The van der Waals surface area contributed by atoms with Gasteiger partial charge in [-0.1, -0.05) is 56.3 Å². The van der Waals surface area contributed by atoms with Crippen molar-refractivity contribution >= 4 is 23.6 Å². The van der Waals surface area contributed by atoms with Gasteiger partial charge in [0.15, 0.2) is 0 Å². The van der Waals surface area contributed by atoms with Gasteiger partial charge in [-0.15, -0.1) is 0 Å². The molecule has 3 aromatic rings. The molecule has 3 N–H and O–H groups in total. The number of rotatable bonds is 3. The maximum Gasteiger partial charge on any atom is 0.256 e. The molecule has 0 saturated heterocycles. The maximum atomic E-state index is 12.7. The highest BCUT2D eigenvalue weighted by Crippen LogP contribution is 2.36. The Hall–Kier alpha value is -3.54. The van der Waals surface area contributed by atoms with Gasteiger partial charge >= 0.3 is 0 Å². The standard InChI is InChI=1S/C23H23N5O.C2H6/c1-23(2)27-22(29)17-10-11-19(18-13-25-20-16(18)9-6-12-24-20)26-21(17)28(23)14-15-7-4-3-5-8-15;1-2/h3-11,13,24-25H,12,14H2,1-2H3,(H,27,29);1-2H3. The van der Waals surface area contributed by atoms with E-state index in [1.165, 1.54) is 5.56 Å². The van der Waals surface area contributed by atoms with Crippen molar-refractivity contribution in [2.24, 2.45) is 0 Å². The molecule has 4 heterocycles. The van der Waals surface area contributed by atoms with E-state index in [9.17, 15) is 4.79 Å². The number of benzene rings is 1. The van der Waals surface area contributed by atoms with E-state index < -0.39 is 5.66 Å². The van der Waals surface area contributed by atoms with Gasteiger partial charge in [-0.05, 0) is 31.5 Å². The number of aromatic nitrogens is 2. The molecular weight excluding hydrogens is 386 g/mol. The molecule has 0 radical (unpaired) electrons. The SMILES string of the molecule is CC.CC1(C)NC(=O)c2ccc(-c3c[nH]c4c3C=CCN4)nc2N1Cc1ccccc1. The van der Waals surface area contributed by atoms with Gasteiger partial charge < -0.3 is 20.5 Å². The van der Waals surface area contributed by atoms with E-state index >= 15 is 0 Å². The first-order chi connectivity index (χ1) is 15.0. The third-order valence-corrected chi connectivity index (χ3v) is 5.53. The molecule has 0 aliphatic carbocycles. The summed E-state index contributed by atoms with van der Waals surface area (Å²) in [4.78, 5) is 23.1. The van der Waals surface area contributed by atoms with Crippen LogP contribution in [0.5, 0.6) is 0 Å². The summed E-state index contributed by atoms with van der Waals surface area (Å²) in [5.74, 6) is 1.62. The van der Waals surface area contributed by atoms with Crippen LogP contribution in [-0.2, 0) is 6.54 Å². The van der Waals surface area contributed by atoms with E-state index in [0.29, 0.717) is 17.9 Å². The van der Waals surface area contributed by atoms with Crippen LogP contribution in [0.25, 0.3) is 17.3 Å². The molecule has 160 valence electrons. The van der Waals surface area contributed by atoms with Crippen molar-refractivity contribution in [3.63, 3.8) is 0 Å². The third-order valence-electron chi connectivity index (χ3n) is 5.53. The Bertz CT molecular complexity index is 1110. The molecule has 0 bridgehead atoms. The zero-order valence-electron chi connectivity index (χ0n) is 18.5. The molecule has 2 aromatic heterocycles. The fourth-order valence-corrected chi connectivity index (χ4v) is 4.00. The summed E-state index contributed by atoms with van der Waals surface area (Å²) in [6, 6.07) is 14.0. The Kier molecular flexibility index (Phi) is 5.55. The van der Waals surface area contributed by atoms with Gasteiger partial charge in [0, 0.05) is 30.4 Å². The van der Waals surface area contributed by atoms with Crippen LogP contribution < -0.4 is 15.5 Å². The molecular formula is C25H29N5O. The van der Waals surface area contributed by atoms with Gasteiger partial charge in [-0.2, -0.15) is 0 Å². The molecule has 6 nitrogen and oxygen atoms in total. The number of nitrogens with zero attached hydrogens (tertiary/aromatic N) is 2. The summed E-state index contributed by atoms with van der Waals surface area (Å²) in [6.45, 7) is 9.49. The number of hydrogen-bond acceptors (Lipinski definition) is 4. The first-order valence-corrected chi connectivity index (χ1v) is 10.8. The van der Waals surface area contributed by atoms with Crippen LogP contribution >= 0.6 is 0 Å². The molecule has 0 unspecified atom stereocenters. The molecule has 0 fully saturated rings. The van der Waals surface area contributed by atoms with Gasteiger partial charge in [0.05, 0.1) is 11.3 Å². The average molecular weight is 416 g/mol. The Labute approximate surface area is 183 Å². The van der Waals surface area contributed by atoms with Crippen molar-refractivity contribution in [1.29, 1.82) is 0 Å². The monoisotopic (exact) mass is 415 g/mol. The molecule has 1 amide bonds. The van der Waals surface area contributed by atoms with Crippen molar-refractivity contribution in [2.75, 3.05) is 16.8 Å². The minimum atomic E-state index is -0.551. The topological polar surface area (TPSA) is 73.0 Å². The number of hydrogen-bond donors (Lipinski definition) is 3. The Morgan fingerprint density at radius 3 is 2.61 bits per heavy atom. The van der Waals surface area contributed by atoms with E-state index in [1.54, 1.807) is 0 Å². The van der Waals surface area contributed by atoms with Crippen LogP contribution in [0, 0.1) is 0 Å². The highest BCUT2D eigenvalue weighted by Gasteiger charge is 2.38. The van der Waals surface area contributed by atoms with Crippen molar-refractivity contribution in [3.05, 3.63) is 71.4 Å². The summed E-state index contributed by atoms with van der Waals surface area (Å²) < 4.78 is 0. The molecule has 31 heavy (non-hydrogen) atoms. The van der Waals surface area contributed by atoms with E-state index in [0.717, 1.165) is 29.2 Å². The lowest BCUT2D eigenvalue weighted by atomic mass is 10.0. The second-order valence-electron chi connectivity index (χ2n) is 7.93. The molecule has 0 atom stereocenters. The fourth-order valence-electron chi connectivity index (χ4n) is 4.00. The van der Waals surface area contributed by atoms with Crippen LogP contribution in [0.2, 0.25) is 0 Å². The largest absolute Gasteiger partial charge is 0.368 e. The van der Waals surface area contributed by atoms with E-state index in [2.05, 4.69) is 44.8 Å². The predicted octanol–water partition coefficient (Wildman–Crippen LogP) is 5.03. The van der Waals surface area contributed by atoms with Crippen molar-refractivity contribution in [2.45, 2.75) is 39.9 Å². The highest BCUT2D eigenvalue weighted by molar-refractivity contribution is 6.02. The number of anilines is 2. The van der Waals surface area contributed by atoms with Crippen molar-refractivity contribution in [3.8, 4) is 11.3 Å². The Morgan fingerprint density at radius 1 is 1.06 bits per heavy atom. The van der Waals surface area contributed by atoms with E-state index in [-0.39, 0.29) is 5.91 Å². The Balaban J connectivity index is 0.00000112. The number of carbonyl (C=O) groups excluding carboxylic acids is 1. The second kappa shape index (κ2) is 8.30. The van der Waals surface area contributed by atoms with Gasteiger partial charge in [0.25, 0.3) is 5.91 Å². The average Bonchev–Trinajstić information content (AvgIpc) is 3.22. The summed E-state index contributed by atoms with van der Waals surface area (Å²) in [6.07, 6.45) is 6.17. The molecule has 0 saturated carbocycles. The smallest absolute Gasteiger partial charge is 0.256 e. The van der Waals surface area contributed by atoms with Crippen LogP contribution in [0.4, 0.5) is 11.6 Å². The first-order valence-electron chi connectivity index (χ1n) is 10.8. The van der Waals surface area contributed by atoms with Crippen LogP contribution in [0.15, 0.2) is 54.7 Å². The number of aromatic amines is 1. The molecule has 6 heteroatoms. The predicted molar refractivity (Wildman–Crippen MR) is 127 cm³/mol. The first kappa shape index (κ1) is 20.7. The fraction of sp³-hybridized carbons (Fsp3) is 0.280. The summed E-state index contributed by atoms with van der Waals surface area (Å²) in [5.41, 5.74) is 4.18. The normalized spacial score (nSPS) is 15.7. The van der Waals surface area contributed by atoms with E-state index in [4.69, 9.17) is 4.98 Å². The lowest BCUT2D eigenvalue weighted by Gasteiger charge is -2.44. The summed E-state index contributed by atoms with van der Waals surface area (Å²) in [5, 5.41) is 6.44. The zero-order valence-corrected chi connectivity index (χ0v) is 18.5. The minimum Gasteiger partial charge on any atom is -0.368 e. The maximum absolute atomic E-state index is 12.7. The molecule has 0 spiro atoms. The van der Waals surface area contributed by atoms with Crippen molar-refractivity contribution < 1.29 is 4.79 Å².